The first kappa shape index (κ1) is 21.2. The molecule has 2 unspecified atom stereocenters. The minimum Gasteiger partial charge on any atom is -0.444 e. The molecule has 1 saturated heterocycles. The molecular formula is C23H31N3O3. The Kier molecular flexibility index (Phi) is 6.46. The average Bonchev–Trinajstić information content (AvgIpc) is 2.70. The van der Waals surface area contributed by atoms with Gasteiger partial charge in [-0.1, -0.05) is 6.07 Å². The third-order valence-electron chi connectivity index (χ3n) is 5.64. The van der Waals surface area contributed by atoms with E-state index in [2.05, 4.69) is 11.4 Å². The highest BCUT2D eigenvalue weighted by Crippen LogP contribution is 2.35. The van der Waals surface area contributed by atoms with E-state index in [1.165, 1.54) is 0 Å². The summed E-state index contributed by atoms with van der Waals surface area (Å²) < 4.78 is 5.46. The molecule has 2 aliphatic rings. The number of likely N-dealkylation sites (tertiary alicyclic amines) is 1. The van der Waals surface area contributed by atoms with Gasteiger partial charge in [-0.05, 0) is 82.6 Å². The molecule has 0 radical (unpaired) electrons. The van der Waals surface area contributed by atoms with E-state index in [4.69, 9.17) is 4.74 Å². The lowest BCUT2D eigenvalue weighted by molar-refractivity contribution is -0.135. The van der Waals surface area contributed by atoms with Crippen molar-refractivity contribution in [2.75, 3.05) is 13.1 Å². The van der Waals surface area contributed by atoms with E-state index < -0.39 is 17.7 Å². The van der Waals surface area contributed by atoms with Crippen LogP contribution in [0.4, 0.5) is 4.79 Å². The lowest BCUT2D eigenvalue weighted by Crippen LogP contribution is -2.53. The number of carbonyl (C=O) groups excluding carboxylic acids is 2. The second-order valence-corrected chi connectivity index (χ2v) is 9.03. The van der Waals surface area contributed by atoms with Crippen molar-refractivity contribution in [3.05, 3.63) is 34.9 Å². The topological polar surface area (TPSA) is 82.4 Å². The van der Waals surface area contributed by atoms with Crippen LogP contribution in [0.3, 0.4) is 0 Å². The first-order chi connectivity index (χ1) is 13.8. The predicted octanol–water partition coefficient (Wildman–Crippen LogP) is 3.88. The number of nitrogens with zero attached hydrogens (tertiary/aromatic N) is 2. The number of hydrogen-bond donors (Lipinski definition) is 1. The molecule has 0 spiro atoms. The summed E-state index contributed by atoms with van der Waals surface area (Å²) in [5.41, 5.74) is 2.10. The van der Waals surface area contributed by atoms with Crippen LogP contribution in [0.2, 0.25) is 0 Å². The maximum Gasteiger partial charge on any atom is 0.408 e. The van der Waals surface area contributed by atoms with Crippen LogP contribution in [0.1, 0.15) is 75.5 Å². The predicted molar refractivity (Wildman–Crippen MR) is 110 cm³/mol. The maximum atomic E-state index is 13.5. The molecule has 29 heavy (non-hydrogen) atoms. The first-order valence-corrected chi connectivity index (χ1v) is 10.6. The summed E-state index contributed by atoms with van der Waals surface area (Å²) in [6.45, 7) is 6.88. The minimum absolute atomic E-state index is 0.0456. The summed E-state index contributed by atoms with van der Waals surface area (Å²) in [7, 11) is 0. The van der Waals surface area contributed by atoms with Crippen molar-refractivity contribution in [1.29, 1.82) is 5.26 Å². The molecule has 1 aliphatic heterocycles. The molecule has 2 amide bonds. The Bertz CT molecular complexity index is 801. The first-order valence-electron chi connectivity index (χ1n) is 10.6. The van der Waals surface area contributed by atoms with Crippen LogP contribution in [0.15, 0.2) is 18.2 Å². The van der Waals surface area contributed by atoms with Gasteiger partial charge in [-0.3, -0.25) is 4.79 Å². The van der Waals surface area contributed by atoms with Crippen molar-refractivity contribution in [1.82, 2.24) is 10.2 Å². The highest BCUT2D eigenvalue weighted by Gasteiger charge is 2.37. The lowest BCUT2D eigenvalue weighted by atomic mass is 9.77. The number of piperidine rings is 1. The number of nitrogens with one attached hydrogen (secondary N) is 1. The molecule has 3 rings (SSSR count). The summed E-state index contributed by atoms with van der Waals surface area (Å²) in [4.78, 5) is 27.9. The van der Waals surface area contributed by atoms with E-state index in [1.54, 1.807) is 0 Å². The second kappa shape index (κ2) is 8.86. The number of benzene rings is 1. The summed E-state index contributed by atoms with van der Waals surface area (Å²) in [6.07, 6.45) is 5.21. The van der Waals surface area contributed by atoms with Gasteiger partial charge in [0.1, 0.15) is 11.6 Å². The molecular weight excluding hydrogens is 366 g/mol. The Labute approximate surface area is 173 Å². The number of alkyl carbamates (subject to hydrolysis) is 1. The van der Waals surface area contributed by atoms with Gasteiger partial charge in [-0.2, -0.15) is 5.26 Å². The second-order valence-electron chi connectivity index (χ2n) is 9.03. The van der Waals surface area contributed by atoms with Gasteiger partial charge in [0, 0.05) is 19.0 Å². The number of ether oxygens (including phenoxy) is 1. The Morgan fingerprint density at radius 1 is 1.21 bits per heavy atom. The standard InChI is InChI=1S/C23H31N3O3/c1-23(2,3)29-22(28)25-20(21(27)26-12-5-4-6-13-26)18-9-7-8-17-11-10-16(15-24)14-19(17)18/h10-11,14,18,20H,4-9,12-13H2,1-3H3,(H,25,28). The fraction of sp³-hybridized carbons (Fsp3) is 0.609. The third kappa shape index (κ3) is 5.29. The number of nitriles is 1. The average molecular weight is 398 g/mol. The Morgan fingerprint density at radius 2 is 1.93 bits per heavy atom. The van der Waals surface area contributed by atoms with Gasteiger partial charge in [-0.25, -0.2) is 4.79 Å². The SMILES string of the molecule is CC(C)(C)OC(=O)NC(C(=O)N1CCCCC1)C1CCCc2ccc(C#N)cc21. The minimum atomic E-state index is -0.684. The quantitative estimate of drug-likeness (QED) is 0.839. The molecule has 0 bridgehead atoms. The van der Waals surface area contributed by atoms with Crippen LogP contribution in [-0.2, 0) is 16.0 Å². The van der Waals surface area contributed by atoms with Gasteiger partial charge in [0.05, 0.1) is 11.6 Å². The van der Waals surface area contributed by atoms with E-state index in [9.17, 15) is 14.9 Å². The van der Waals surface area contributed by atoms with Crippen LogP contribution in [0, 0.1) is 11.3 Å². The maximum absolute atomic E-state index is 13.5. The summed E-state index contributed by atoms with van der Waals surface area (Å²) >= 11 is 0. The number of amides is 2. The molecule has 1 fully saturated rings. The molecule has 1 heterocycles. The van der Waals surface area contributed by atoms with E-state index >= 15 is 0 Å². The van der Waals surface area contributed by atoms with Crippen molar-refractivity contribution in [2.24, 2.45) is 0 Å². The molecule has 1 aromatic rings. The Balaban J connectivity index is 1.92. The molecule has 6 heteroatoms. The van der Waals surface area contributed by atoms with Gasteiger partial charge in [0.25, 0.3) is 0 Å². The zero-order valence-corrected chi connectivity index (χ0v) is 17.7. The number of carbonyl (C=O) groups is 2. The van der Waals surface area contributed by atoms with Crippen LogP contribution < -0.4 is 5.32 Å². The van der Waals surface area contributed by atoms with Gasteiger partial charge in [0.2, 0.25) is 5.91 Å². The lowest BCUT2D eigenvalue weighted by Gasteiger charge is -2.37. The number of fused-ring (bicyclic) bond motifs is 1. The van der Waals surface area contributed by atoms with Crippen molar-refractivity contribution >= 4 is 12.0 Å². The van der Waals surface area contributed by atoms with E-state index in [1.807, 2.05) is 43.9 Å². The summed E-state index contributed by atoms with van der Waals surface area (Å²) in [6, 6.07) is 7.20. The highest BCUT2D eigenvalue weighted by atomic mass is 16.6. The molecule has 1 N–H and O–H groups in total. The molecule has 0 aromatic heterocycles. The highest BCUT2D eigenvalue weighted by molar-refractivity contribution is 5.87. The van der Waals surface area contributed by atoms with Crippen molar-refractivity contribution < 1.29 is 14.3 Å². The van der Waals surface area contributed by atoms with Gasteiger partial charge < -0.3 is 15.0 Å². The van der Waals surface area contributed by atoms with Crippen molar-refractivity contribution in [2.45, 2.75) is 76.9 Å². The smallest absolute Gasteiger partial charge is 0.408 e. The van der Waals surface area contributed by atoms with Crippen molar-refractivity contribution in [3.63, 3.8) is 0 Å². The van der Waals surface area contributed by atoms with E-state index in [0.29, 0.717) is 5.56 Å². The Morgan fingerprint density at radius 3 is 2.59 bits per heavy atom. The van der Waals surface area contributed by atoms with Crippen LogP contribution in [-0.4, -0.2) is 41.6 Å². The van der Waals surface area contributed by atoms with Gasteiger partial charge in [0.15, 0.2) is 0 Å². The monoisotopic (exact) mass is 397 g/mol. The van der Waals surface area contributed by atoms with Crippen molar-refractivity contribution in [3.8, 4) is 6.07 Å². The zero-order chi connectivity index (χ0) is 21.0. The molecule has 0 saturated carbocycles. The molecule has 1 aromatic carbocycles. The van der Waals surface area contributed by atoms with E-state index in [-0.39, 0.29) is 11.8 Å². The largest absolute Gasteiger partial charge is 0.444 e. The molecule has 6 nitrogen and oxygen atoms in total. The zero-order valence-electron chi connectivity index (χ0n) is 17.7. The fourth-order valence-electron chi connectivity index (χ4n) is 4.33. The fourth-order valence-corrected chi connectivity index (χ4v) is 4.33. The van der Waals surface area contributed by atoms with Crippen LogP contribution >= 0.6 is 0 Å². The number of aryl methyl sites for hydroxylation is 1. The van der Waals surface area contributed by atoms with Crippen LogP contribution in [0.25, 0.3) is 0 Å². The van der Waals surface area contributed by atoms with Gasteiger partial charge in [-0.15, -0.1) is 0 Å². The van der Waals surface area contributed by atoms with E-state index in [0.717, 1.165) is 62.7 Å². The van der Waals surface area contributed by atoms with Gasteiger partial charge >= 0.3 is 6.09 Å². The summed E-state index contributed by atoms with van der Waals surface area (Å²) in [5, 5.41) is 12.2. The molecule has 156 valence electrons. The molecule has 2 atom stereocenters. The number of rotatable bonds is 3. The molecule has 1 aliphatic carbocycles. The summed E-state index contributed by atoms with van der Waals surface area (Å²) in [5.74, 6) is -0.204. The number of hydrogen-bond acceptors (Lipinski definition) is 4. The third-order valence-corrected chi connectivity index (χ3v) is 5.64. The van der Waals surface area contributed by atoms with Crippen LogP contribution in [0.5, 0.6) is 0 Å². The normalized spacial score (nSPS) is 20.2. The Hall–Kier alpha value is -2.55.